The molecule has 112 valence electrons. The first kappa shape index (κ1) is 15.4. The van der Waals surface area contributed by atoms with Crippen molar-refractivity contribution in [3.63, 3.8) is 0 Å². The molecule has 0 atom stereocenters. The second-order valence-corrected chi connectivity index (χ2v) is 5.70. The molecular formula is C10H13N7O2S2. The Balaban J connectivity index is 1.91. The highest BCUT2D eigenvalue weighted by Crippen LogP contribution is 2.23. The van der Waals surface area contributed by atoms with Crippen molar-refractivity contribution in [2.24, 2.45) is 11.5 Å². The van der Waals surface area contributed by atoms with Gasteiger partial charge in [-0.15, -0.1) is 16.4 Å². The van der Waals surface area contributed by atoms with E-state index in [4.69, 9.17) is 11.5 Å². The Bertz CT molecular complexity index is 639. The molecule has 2 amide bonds. The van der Waals surface area contributed by atoms with Crippen LogP contribution in [0.4, 0.5) is 5.00 Å². The lowest BCUT2D eigenvalue weighted by atomic mass is 10.3. The van der Waals surface area contributed by atoms with E-state index in [1.165, 1.54) is 27.8 Å². The molecule has 0 spiro atoms. The van der Waals surface area contributed by atoms with Crippen molar-refractivity contribution >= 4 is 39.9 Å². The number of thiophene rings is 1. The second kappa shape index (κ2) is 7.15. The van der Waals surface area contributed by atoms with Gasteiger partial charge in [-0.05, 0) is 21.9 Å². The summed E-state index contributed by atoms with van der Waals surface area (Å²) >= 11 is 2.42. The number of thioether (sulfide) groups is 1. The lowest BCUT2D eigenvalue weighted by Gasteiger charge is -2.04. The van der Waals surface area contributed by atoms with Gasteiger partial charge in [0.1, 0.15) is 5.00 Å². The van der Waals surface area contributed by atoms with E-state index in [1.54, 1.807) is 11.4 Å². The Hall–Kier alpha value is -1.98. The average Bonchev–Trinajstić information content (AvgIpc) is 3.06. The molecule has 5 N–H and O–H groups in total. The number of hydrogen-bond acceptors (Lipinski definition) is 8. The molecule has 0 aliphatic rings. The lowest BCUT2D eigenvalue weighted by molar-refractivity contribution is -0.113. The van der Waals surface area contributed by atoms with Gasteiger partial charge in [0.25, 0.3) is 5.91 Å². The molecule has 2 aromatic heterocycles. The van der Waals surface area contributed by atoms with Gasteiger partial charge >= 0.3 is 0 Å². The Morgan fingerprint density at radius 2 is 2.29 bits per heavy atom. The predicted molar refractivity (Wildman–Crippen MR) is 79.1 cm³/mol. The van der Waals surface area contributed by atoms with E-state index < -0.39 is 5.91 Å². The SMILES string of the molecule is NCCn1nnnc1SCC(=O)Nc1sccc1C(N)=O. The molecular weight excluding hydrogens is 314 g/mol. The van der Waals surface area contributed by atoms with Gasteiger partial charge < -0.3 is 16.8 Å². The zero-order valence-electron chi connectivity index (χ0n) is 10.9. The summed E-state index contributed by atoms with van der Waals surface area (Å²) in [6, 6.07) is 1.57. The molecule has 0 fully saturated rings. The fourth-order valence-electron chi connectivity index (χ4n) is 1.46. The van der Waals surface area contributed by atoms with Gasteiger partial charge in [0.2, 0.25) is 11.1 Å². The van der Waals surface area contributed by atoms with Crippen LogP contribution in [-0.2, 0) is 11.3 Å². The third-order valence-corrected chi connectivity index (χ3v) is 4.14. The van der Waals surface area contributed by atoms with Crippen LogP contribution in [0, 0.1) is 0 Å². The number of primary amides is 1. The Labute approximate surface area is 128 Å². The summed E-state index contributed by atoms with van der Waals surface area (Å²) in [6.07, 6.45) is 0. The van der Waals surface area contributed by atoms with Gasteiger partial charge in [-0.25, -0.2) is 4.68 Å². The molecule has 0 aliphatic heterocycles. The number of nitrogens with two attached hydrogens (primary N) is 2. The third kappa shape index (κ3) is 4.00. The molecule has 2 rings (SSSR count). The molecule has 2 heterocycles. The van der Waals surface area contributed by atoms with E-state index in [-0.39, 0.29) is 11.7 Å². The monoisotopic (exact) mass is 327 g/mol. The Morgan fingerprint density at radius 3 is 3.00 bits per heavy atom. The minimum absolute atomic E-state index is 0.112. The number of rotatable bonds is 7. The largest absolute Gasteiger partial charge is 0.366 e. The zero-order chi connectivity index (χ0) is 15.2. The van der Waals surface area contributed by atoms with Crippen LogP contribution in [0.1, 0.15) is 10.4 Å². The number of nitrogens with one attached hydrogen (secondary N) is 1. The van der Waals surface area contributed by atoms with Crippen LogP contribution in [0.15, 0.2) is 16.6 Å². The van der Waals surface area contributed by atoms with E-state index in [0.717, 1.165) is 0 Å². The Kier molecular flexibility index (Phi) is 5.25. The minimum Gasteiger partial charge on any atom is -0.366 e. The predicted octanol–water partition coefficient (Wildman–Crippen LogP) is -0.477. The van der Waals surface area contributed by atoms with Crippen LogP contribution in [0.25, 0.3) is 0 Å². The van der Waals surface area contributed by atoms with Crippen LogP contribution in [0.2, 0.25) is 0 Å². The van der Waals surface area contributed by atoms with E-state index in [2.05, 4.69) is 20.8 Å². The quantitative estimate of drug-likeness (QED) is 0.583. The van der Waals surface area contributed by atoms with Crippen molar-refractivity contribution in [2.45, 2.75) is 11.7 Å². The highest BCUT2D eigenvalue weighted by molar-refractivity contribution is 7.99. The summed E-state index contributed by atoms with van der Waals surface area (Å²) < 4.78 is 1.53. The first-order valence-electron chi connectivity index (χ1n) is 5.88. The average molecular weight is 327 g/mol. The van der Waals surface area contributed by atoms with Crippen LogP contribution in [0.5, 0.6) is 0 Å². The summed E-state index contributed by atoms with van der Waals surface area (Å²) in [4.78, 5) is 23.0. The van der Waals surface area contributed by atoms with Crippen molar-refractivity contribution < 1.29 is 9.59 Å². The third-order valence-electron chi connectivity index (χ3n) is 2.36. The number of anilines is 1. The maximum atomic E-state index is 11.9. The van der Waals surface area contributed by atoms with Crippen LogP contribution in [-0.4, -0.2) is 44.3 Å². The van der Waals surface area contributed by atoms with Gasteiger partial charge in [0, 0.05) is 6.54 Å². The fraction of sp³-hybridized carbons (Fsp3) is 0.300. The number of carbonyl (C=O) groups excluding carboxylic acids is 2. The summed E-state index contributed by atoms with van der Waals surface area (Å²) in [5.74, 6) is -0.737. The number of aromatic nitrogens is 4. The molecule has 0 saturated heterocycles. The summed E-state index contributed by atoms with van der Waals surface area (Å²) in [5.41, 5.74) is 10.9. The molecule has 21 heavy (non-hydrogen) atoms. The molecule has 11 heteroatoms. The summed E-state index contributed by atoms with van der Waals surface area (Å²) in [7, 11) is 0. The van der Waals surface area contributed by atoms with Crippen LogP contribution < -0.4 is 16.8 Å². The number of carbonyl (C=O) groups is 2. The number of amides is 2. The molecule has 0 radical (unpaired) electrons. The first-order chi connectivity index (χ1) is 10.1. The number of nitrogens with zero attached hydrogens (tertiary/aromatic N) is 4. The van der Waals surface area contributed by atoms with Crippen molar-refractivity contribution in [2.75, 3.05) is 17.6 Å². The molecule has 0 bridgehead atoms. The van der Waals surface area contributed by atoms with Crippen LogP contribution >= 0.6 is 23.1 Å². The number of tetrazole rings is 1. The molecule has 9 nitrogen and oxygen atoms in total. The summed E-state index contributed by atoms with van der Waals surface area (Å²) in [6.45, 7) is 0.885. The van der Waals surface area contributed by atoms with E-state index in [1.807, 2.05) is 0 Å². The highest BCUT2D eigenvalue weighted by atomic mass is 32.2. The molecule has 2 aromatic rings. The van der Waals surface area contributed by atoms with Gasteiger partial charge in [0.15, 0.2) is 0 Å². The van der Waals surface area contributed by atoms with E-state index in [0.29, 0.717) is 28.8 Å². The van der Waals surface area contributed by atoms with Crippen molar-refractivity contribution in [3.8, 4) is 0 Å². The standard InChI is InChI=1S/C10H13N7O2S2/c11-2-3-17-10(14-15-16-17)21-5-7(18)13-9-6(8(12)19)1-4-20-9/h1,4H,2-3,5,11H2,(H2,12,19)(H,13,18). The van der Waals surface area contributed by atoms with Crippen molar-refractivity contribution in [1.29, 1.82) is 0 Å². The number of hydrogen-bond donors (Lipinski definition) is 3. The normalized spacial score (nSPS) is 10.5. The van der Waals surface area contributed by atoms with Gasteiger partial charge in [0.05, 0.1) is 17.9 Å². The van der Waals surface area contributed by atoms with Crippen molar-refractivity contribution in [3.05, 3.63) is 17.0 Å². The van der Waals surface area contributed by atoms with Gasteiger partial charge in [-0.1, -0.05) is 11.8 Å². The maximum absolute atomic E-state index is 11.9. The topological polar surface area (TPSA) is 142 Å². The van der Waals surface area contributed by atoms with Crippen molar-refractivity contribution in [1.82, 2.24) is 20.2 Å². The molecule has 0 aliphatic carbocycles. The molecule has 0 saturated carbocycles. The minimum atomic E-state index is -0.578. The Morgan fingerprint density at radius 1 is 1.48 bits per heavy atom. The second-order valence-electron chi connectivity index (χ2n) is 3.84. The van der Waals surface area contributed by atoms with Gasteiger partial charge in [-0.3, -0.25) is 9.59 Å². The molecule has 0 unspecified atom stereocenters. The maximum Gasteiger partial charge on any atom is 0.251 e. The smallest absolute Gasteiger partial charge is 0.251 e. The molecule has 0 aromatic carbocycles. The fourth-order valence-corrected chi connectivity index (χ4v) is 2.97. The summed E-state index contributed by atoms with van der Waals surface area (Å²) in [5, 5.41) is 16.4. The van der Waals surface area contributed by atoms with E-state index in [9.17, 15) is 9.59 Å². The zero-order valence-corrected chi connectivity index (χ0v) is 12.5. The highest BCUT2D eigenvalue weighted by Gasteiger charge is 2.14. The van der Waals surface area contributed by atoms with Crippen LogP contribution in [0.3, 0.4) is 0 Å². The van der Waals surface area contributed by atoms with E-state index >= 15 is 0 Å². The first-order valence-corrected chi connectivity index (χ1v) is 7.74. The lowest BCUT2D eigenvalue weighted by Crippen LogP contribution is -2.18. The van der Waals surface area contributed by atoms with Gasteiger partial charge in [-0.2, -0.15) is 0 Å².